The molecule has 0 radical (unpaired) electrons. The number of hydrogen-bond donors (Lipinski definition) is 0. The van der Waals surface area contributed by atoms with Gasteiger partial charge in [-0.1, -0.05) is 20.8 Å². The van der Waals surface area contributed by atoms with E-state index in [9.17, 15) is 9.59 Å². The molecule has 1 saturated heterocycles. The van der Waals surface area contributed by atoms with Gasteiger partial charge in [-0.25, -0.2) is 0 Å². The maximum atomic E-state index is 13.4. The van der Waals surface area contributed by atoms with Gasteiger partial charge in [0, 0.05) is 31.1 Å². The lowest BCUT2D eigenvalue weighted by Gasteiger charge is -2.59. The van der Waals surface area contributed by atoms with Crippen LogP contribution in [0.1, 0.15) is 72.1 Å². The minimum atomic E-state index is -0.0633. The summed E-state index contributed by atoms with van der Waals surface area (Å²) in [6.07, 6.45) is 7.68. The molecule has 0 aromatic heterocycles. The molecule has 0 N–H and O–H groups in total. The largest absolute Gasteiger partial charge is 0.350 e. The highest BCUT2D eigenvalue weighted by Gasteiger charge is 2.63. The smallest absolute Gasteiger partial charge is 0.160 e. The van der Waals surface area contributed by atoms with Gasteiger partial charge in [-0.2, -0.15) is 0 Å². The summed E-state index contributed by atoms with van der Waals surface area (Å²) in [5, 5.41) is 0. The molecule has 4 heteroatoms. The zero-order chi connectivity index (χ0) is 19.7. The van der Waals surface area contributed by atoms with Crippen molar-refractivity contribution in [3.05, 3.63) is 0 Å². The zero-order valence-electron chi connectivity index (χ0n) is 17.7. The summed E-state index contributed by atoms with van der Waals surface area (Å²) in [5.41, 5.74) is 0.411. The minimum Gasteiger partial charge on any atom is -0.350 e. The Bertz CT molecular complexity index is 668. The standard InChI is InChI=1S/C24H36O4/c1-14(22-27-10-11-28-22)17-4-5-18-21-19(7-9-24(17,18)3)23(2)8-6-16(25)12-15(23)13-20(21)26/h14-15,17-19,21-22H,4-13H2,1-3H3/t14-,15?,17+,18?,19?,21?,23-,24+/m0/s1. The van der Waals surface area contributed by atoms with Gasteiger partial charge in [0.15, 0.2) is 6.29 Å². The van der Waals surface area contributed by atoms with E-state index in [1.165, 1.54) is 19.3 Å². The Balaban J connectivity index is 1.42. The van der Waals surface area contributed by atoms with E-state index in [0.717, 1.165) is 19.3 Å². The van der Waals surface area contributed by atoms with Gasteiger partial charge in [0.05, 0.1) is 13.2 Å². The zero-order valence-corrected chi connectivity index (χ0v) is 17.7. The van der Waals surface area contributed by atoms with Crippen LogP contribution in [0.15, 0.2) is 0 Å². The second kappa shape index (κ2) is 6.63. The van der Waals surface area contributed by atoms with Crippen molar-refractivity contribution >= 4 is 11.6 Å². The lowest BCUT2D eigenvalue weighted by atomic mass is 9.44. The average molecular weight is 389 g/mol. The molecule has 4 nitrogen and oxygen atoms in total. The molecule has 0 bridgehead atoms. The molecule has 4 unspecified atom stereocenters. The monoisotopic (exact) mass is 388 g/mol. The first kappa shape index (κ1) is 19.2. The van der Waals surface area contributed by atoms with Gasteiger partial charge in [-0.05, 0) is 66.6 Å². The first-order valence-electron chi connectivity index (χ1n) is 11.6. The number of ketones is 2. The lowest BCUT2D eigenvalue weighted by molar-refractivity contribution is -0.162. The van der Waals surface area contributed by atoms with Crippen LogP contribution in [0.4, 0.5) is 0 Å². The Hall–Kier alpha value is -0.740. The highest BCUT2D eigenvalue weighted by Crippen LogP contribution is 2.67. The normalized spacial score (nSPS) is 50.2. The van der Waals surface area contributed by atoms with Crippen LogP contribution in [0.5, 0.6) is 0 Å². The highest BCUT2D eigenvalue weighted by atomic mass is 16.7. The van der Waals surface area contributed by atoms with Crippen molar-refractivity contribution in [3.8, 4) is 0 Å². The van der Waals surface area contributed by atoms with Crippen molar-refractivity contribution in [1.29, 1.82) is 0 Å². The van der Waals surface area contributed by atoms with Crippen molar-refractivity contribution in [2.45, 2.75) is 78.4 Å². The van der Waals surface area contributed by atoms with Crippen molar-refractivity contribution in [3.63, 3.8) is 0 Å². The third-order valence-electron chi connectivity index (χ3n) is 10.1. The Morgan fingerprint density at radius 1 is 0.929 bits per heavy atom. The summed E-state index contributed by atoms with van der Waals surface area (Å²) < 4.78 is 11.7. The molecule has 28 heavy (non-hydrogen) atoms. The molecule has 8 atom stereocenters. The van der Waals surface area contributed by atoms with Crippen LogP contribution < -0.4 is 0 Å². The summed E-state index contributed by atoms with van der Waals surface area (Å²) >= 11 is 0. The molecule has 1 heterocycles. The molecular weight excluding hydrogens is 352 g/mol. The van der Waals surface area contributed by atoms with E-state index in [0.29, 0.717) is 67.2 Å². The Kier molecular flexibility index (Phi) is 4.56. The van der Waals surface area contributed by atoms with Gasteiger partial charge in [-0.15, -0.1) is 0 Å². The van der Waals surface area contributed by atoms with E-state index < -0.39 is 0 Å². The summed E-state index contributed by atoms with van der Waals surface area (Å²) in [7, 11) is 0. The fourth-order valence-electron chi connectivity index (χ4n) is 8.50. The number of Topliss-reactive ketones (excluding diaryl/α,β-unsaturated/α-hetero) is 2. The van der Waals surface area contributed by atoms with E-state index in [4.69, 9.17) is 9.47 Å². The van der Waals surface area contributed by atoms with Gasteiger partial charge >= 0.3 is 0 Å². The van der Waals surface area contributed by atoms with Crippen molar-refractivity contribution in [2.24, 2.45) is 46.3 Å². The molecule has 5 fully saturated rings. The molecule has 4 aliphatic carbocycles. The number of hydrogen-bond acceptors (Lipinski definition) is 4. The molecular formula is C24H36O4. The van der Waals surface area contributed by atoms with Crippen molar-refractivity contribution in [2.75, 3.05) is 13.2 Å². The Labute approximate surface area is 169 Å². The minimum absolute atomic E-state index is 0.0633. The van der Waals surface area contributed by atoms with Gasteiger partial charge in [-0.3, -0.25) is 9.59 Å². The quantitative estimate of drug-likeness (QED) is 0.703. The summed E-state index contributed by atoms with van der Waals surface area (Å²) in [5.74, 6) is 3.32. The maximum Gasteiger partial charge on any atom is 0.160 e. The molecule has 156 valence electrons. The van der Waals surface area contributed by atoms with Crippen LogP contribution in [-0.2, 0) is 19.1 Å². The fourth-order valence-corrected chi connectivity index (χ4v) is 8.50. The predicted octanol–water partition coefficient (Wildman–Crippen LogP) is 4.40. The van der Waals surface area contributed by atoms with Gasteiger partial charge in [0.2, 0.25) is 0 Å². The average Bonchev–Trinajstić information content (AvgIpc) is 3.30. The van der Waals surface area contributed by atoms with Crippen LogP contribution in [0, 0.1) is 46.3 Å². The van der Waals surface area contributed by atoms with Crippen LogP contribution >= 0.6 is 0 Å². The second-order valence-corrected chi connectivity index (χ2v) is 11.1. The van der Waals surface area contributed by atoms with Crippen molar-refractivity contribution < 1.29 is 19.1 Å². The molecule has 5 aliphatic rings. The molecule has 5 rings (SSSR count). The van der Waals surface area contributed by atoms with Crippen LogP contribution in [0.25, 0.3) is 0 Å². The van der Waals surface area contributed by atoms with Crippen molar-refractivity contribution in [1.82, 2.24) is 0 Å². The maximum absolute atomic E-state index is 13.4. The Morgan fingerprint density at radius 3 is 2.39 bits per heavy atom. The van der Waals surface area contributed by atoms with Crippen LogP contribution in [0.3, 0.4) is 0 Å². The van der Waals surface area contributed by atoms with Crippen LogP contribution in [-0.4, -0.2) is 31.1 Å². The van der Waals surface area contributed by atoms with E-state index in [1.54, 1.807) is 0 Å². The molecule has 0 spiro atoms. The van der Waals surface area contributed by atoms with Gasteiger partial charge < -0.3 is 9.47 Å². The second-order valence-electron chi connectivity index (χ2n) is 11.1. The molecule has 4 saturated carbocycles. The van der Waals surface area contributed by atoms with Crippen LogP contribution in [0.2, 0.25) is 0 Å². The predicted molar refractivity (Wildman–Crippen MR) is 105 cm³/mol. The SMILES string of the molecule is C[C@H](C1OCCO1)[C@H]1CCC2C3C(=O)CC4CC(=O)CC[C@]4(C)C3CC[C@@]21C. The number of rotatable bonds is 2. The summed E-state index contributed by atoms with van der Waals surface area (Å²) in [6, 6.07) is 0. The number of fused-ring (bicyclic) bond motifs is 5. The van der Waals surface area contributed by atoms with E-state index in [1.807, 2.05) is 0 Å². The summed E-state index contributed by atoms with van der Waals surface area (Å²) in [6.45, 7) is 8.59. The van der Waals surface area contributed by atoms with E-state index in [2.05, 4.69) is 20.8 Å². The van der Waals surface area contributed by atoms with E-state index in [-0.39, 0.29) is 23.0 Å². The number of ether oxygens (including phenoxy) is 2. The first-order valence-corrected chi connectivity index (χ1v) is 11.6. The molecule has 0 aromatic carbocycles. The Morgan fingerprint density at radius 2 is 1.64 bits per heavy atom. The topological polar surface area (TPSA) is 52.6 Å². The number of carbonyl (C=O) groups is 2. The van der Waals surface area contributed by atoms with E-state index >= 15 is 0 Å². The third-order valence-corrected chi connectivity index (χ3v) is 10.1. The van der Waals surface area contributed by atoms with Gasteiger partial charge in [0.25, 0.3) is 0 Å². The lowest BCUT2D eigenvalue weighted by Crippen LogP contribution is -2.57. The number of carbonyl (C=O) groups excluding carboxylic acids is 2. The summed E-state index contributed by atoms with van der Waals surface area (Å²) in [4.78, 5) is 25.5. The molecule has 0 aromatic rings. The van der Waals surface area contributed by atoms with Gasteiger partial charge in [0.1, 0.15) is 11.6 Å². The highest BCUT2D eigenvalue weighted by molar-refractivity contribution is 5.86. The first-order chi connectivity index (χ1) is 13.3. The molecule has 1 aliphatic heterocycles. The molecule has 0 amide bonds. The fraction of sp³-hybridized carbons (Fsp3) is 0.917. The third kappa shape index (κ3) is 2.62.